The van der Waals surface area contributed by atoms with Gasteiger partial charge in [0.15, 0.2) is 0 Å². The first kappa shape index (κ1) is 12.8. The molecule has 1 aromatic rings. The van der Waals surface area contributed by atoms with Crippen LogP contribution in [-0.2, 0) is 11.2 Å². The Labute approximate surface area is 97.3 Å². The van der Waals surface area contributed by atoms with Crippen molar-refractivity contribution in [2.75, 3.05) is 0 Å². The van der Waals surface area contributed by atoms with Gasteiger partial charge in [-0.25, -0.2) is 0 Å². The second-order valence-corrected chi connectivity index (χ2v) is 4.68. The van der Waals surface area contributed by atoms with Crippen LogP contribution in [0.2, 0.25) is 0 Å². The summed E-state index contributed by atoms with van der Waals surface area (Å²) in [6.07, 6.45) is 1.55. The summed E-state index contributed by atoms with van der Waals surface area (Å²) < 4.78 is 0. The van der Waals surface area contributed by atoms with Crippen molar-refractivity contribution < 1.29 is 9.90 Å². The van der Waals surface area contributed by atoms with E-state index in [1.54, 1.807) is 6.92 Å². The van der Waals surface area contributed by atoms with Gasteiger partial charge in [0.05, 0.1) is 5.92 Å². The van der Waals surface area contributed by atoms with Crippen molar-refractivity contribution in [3.63, 3.8) is 0 Å². The Kier molecular flexibility index (Phi) is 4.53. The summed E-state index contributed by atoms with van der Waals surface area (Å²) in [5, 5.41) is 8.80. The lowest BCUT2D eigenvalue weighted by Gasteiger charge is -2.09. The Morgan fingerprint density at radius 3 is 2.56 bits per heavy atom. The number of carbonyl (C=O) groups is 1. The fourth-order valence-corrected chi connectivity index (χ4v) is 1.61. The molecule has 16 heavy (non-hydrogen) atoms. The maximum Gasteiger partial charge on any atom is 0.306 e. The highest BCUT2D eigenvalue weighted by molar-refractivity contribution is 5.69. The lowest BCUT2D eigenvalue weighted by Crippen LogP contribution is -2.10. The highest BCUT2D eigenvalue weighted by Gasteiger charge is 2.10. The van der Waals surface area contributed by atoms with E-state index in [-0.39, 0.29) is 5.92 Å². The van der Waals surface area contributed by atoms with Gasteiger partial charge in [0, 0.05) is 0 Å². The molecule has 0 aromatic heterocycles. The predicted molar refractivity (Wildman–Crippen MR) is 65.7 cm³/mol. The van der Waals surface area contributed by atoms with E-state index in [4.69, 9.17) is 5.11 Å². The number of rotatable bonds is 5. The van der Waals surface area contributed by atoms with Gasteiger partial charge in [0.2, 0.25) is 0 Å². The van der Waals surface area contributed by atoms with Crippen molar-refractivity contribution in [2.45, 2.75) is 39.5 Å². The van der Waals surface area contributed by atoms with Crippen LogP contribution in [0.3, 0.4) is 0 Å². The quantitative estimate of drug-likeness (QED) is 0.825. The molecule has 0 bridgehead atoms. The summed E-state index contributed by atoms with van der Waals surface area (Å²) in [6.45, 7) is 6.09. The number of carboxylic acid groups (broad SMARTS) is 1. The minimum atomic E-state index is -0.708. The molecule has 0 aliphatic rings. The first-order chi connectivity index (χ1) is 7.50. The normalized spacial score (nSPS) is 12.8. The van der Waals surface area contributed by atoms with Crippen molar-refractivity contribution in [3.8, 4) is 0 Å². The first-order valence-corrected chi connectivity index (χ1v) is 5.82. The van der Waals surface area contributed by atoms with Gasteiger partial charge in [-0.2, -0.15) is 0 Å². The van der Waals surface area contributed by atoms with Crippen LogP contribution >= 0.6 is 0 Å². The summed E-state index contributed by atoms with van der Waals surface area (Å²) in [5.74, 6) is -0.445. The number of aryl methyl sites for hydroxylation is 1. The van der Waals surface area contributed by atoms with Crippen molar-refractivity contribution in [2.24, 2.45) is 5.92 Å². The molecule has 2 heteroatoms. The lowest BCUT2D eigenvalue weighted by molar-refractivity contribution is -0.141. The molecule has 0 saturated carbocycles. The second-order valence-electron chi connectivity index (χ2n) is 4.68. The Morgan fingerprint density at radius 1 is 1.31 bits per heavy atom. The van der Waals surface area contributed by atoms with E-state index in [9.17, 15) is 4.79 Å². The fraction of sp³-hybridized carbons (Fsp3) is 0.500. The van der Waals surface area contributed by atoms with Crippen LogP contribution in [-0.4, -0.2) is 11.1 Å². The van der Waals surface area contributed by atoms with Crippen LogP contribution in [0.1, 0.15) is 44.2 Å². The third-order valence-corrected chi connectivity index (χ3v) is 2.91. The third-order valence-electron chi connectivity index (χ3n) is 2.91. The molecule has 0 radical (unpaired) electrons. The van der Waals surface area contributed by atoms with Gasteiger partial charge in [-0.1, -0.05) is 45.0 Å². The summed E-state index contributed by atoms with van der Waals surface area (Å²) in [4.78, 5) is 10.7. The summed E-state index contributed by atoms with van der Waals surface area (Å²) in [6, 6.07) is 8.42. The van der Waals surface area contributed by atoms with Crippen LogP contribution < -0.4 is 0 Å². The Hall–Kier alpha value is -1.31. The summed E-state index contributed by atoms with van der Waals surface area (Å²) >= 11 is 0. The maximum atomic E-state index is 10.7. The zero-order chi connectivity index (χ0) is 12.1. The number of carboxylic acids is 1. The van der Waals surface area contributed by atoms with E-state index in [0.717, 1.165) is 6.42 Å². The third kappa shape index (κ3) is 3.69. The Balaban J connectivity index is 2.60. The van der Waals surface area contributed by atoms with Gasteiger partial charge >= 0.3 is 5.97 Å². The molecule has 1 N–H and O–H groups in total. The zero-order valence-electron chi connectivity index (χ0n) is 10.2. The molecule has 0 heterocycles. The minimum absolute atomic E-state index is 0.261. The van der Waals surface area contributed by atoms with Gasteiger partial charge in [0.1, 0.15) is 0 Å². The van der Waals surface area contributed by atoms with E-state index >= 15 is 0 Å². The minimum Gasteiger partial charge on any atom is -0.481 e. The predicted octanol–water partition coefficient (Wildman–Crippen LogP) is 3.46. The standard InChI is InChI=1S/C14H20O2/c1-10(2)13-6-4-5-12(9-13)8-7-11(3)14(15)16/h4-6,9-11H,7-8H2,1-3H3,(H,15,16). The molecule has 0 aliphatic carbocycles. The van der Waals surface area contributed by atoms with E-state index in [1.807, 2.05) is 0 Å². The first-order valence-electron chi connectivity index (χ1n) is 5.82. The number of benzene rings is 1. The molecular formula is C14H20O2. The molecule has 0 amide bonds. The van der Waals surface area contributed by atoms with Gasteiger partial charge in [0.25, 0.3) is 0 Å². The second kappa shape index (κ2) is 5.69. The van der Waals surface area contributed by atoms with E-state index in [2.05, 4.69) is 38.1 Å². The van der Waals surface area contributed by atoms with Gasteiger partial charge in [-0.05, 0) is 29.9 Å². The van der Waals surface area contributed by atoms with Crippen LogP contribution in [0.4, 0.5) is 0 Å². The fourth-order valence-electron chi connectivity index (χ4n) is 1.61. The molecule has 2 nitrogen and oxygen atoms in total. The van der Waals surface area contributed by atoms with Crippen LogP contribution in [0, 0.1) is 5.92 Å². The topological polar surface area (TPSA) is 37.3 Å². The van der Waals surface area contributed by atoms with Crippen molar-refractivity contribution >= 4 is 5.97 Å². The van der Waals surface area contributed by atoms with E-state index < -0.39 is 5.97 Å². The average molecular weight is 220 g/mol. The molecule has 0 aliphatic heterocycles. The Morgan fingerprint density at radius 2 is 2.00 bits per heavy atom. The van der Waals surface area contributed by atoms with Gasteiger partial charge < -0.3 is 5.11 Å². The molecule has 88 valence electrons. The highest BCUT2D eigenvalue weighted by Crippen LogP contribution is 2.17. The van der Waals surface area contributed by atoms with Gasteiger partial charge in [-0.3, -0.25) is 4.79 Å². The molecule has 1 rings (SSSR count). The van der Waals surface area contributed by atoms with Crippen molar-refractivity contribution in [3.05, 3.63) is 35.4 Å². The summed E-state index contributed by atoms with van der Waals surface area (Å²) in [7, 11) is 0. The average Bonchev–Trinajstić information content (AvgIpc) is 2.26. The van der Waals surface area contributed by atoms with Crippen molar-refractivity contribution in [1.29, 1.82) is 0 Å². The van der Waals surface area contributed by atoms with E-state index in [0.29, 0.717) is 12.3 Å². The monoisotopic (exact) mass is 220 g/mol. The molecule has 0 fully saturated rings. The van der Waals surface area contributed by atoms with E-state index in [1.165, 1.54) is 11.1 Å². The lowest BCUT2D eigenvalue weighted by atomic mass is 9.96. The largest absolute Gasteiger partial charge is 0.481 e. The molecule has 1 aromatic carbocycles. The van der Waals surface area contributed by atoms with Crippen LogP contribution in [0.25, 0.3) is 0 Å². The Bertz CT molecular complexity index is 356. The van der Waals surface area contributed by atoms with Gasteiger partial charge in [-0.15, -0.1) is 0 Å². The van der Waals surface area contributed by atoms with Crippen LogP contribution in [0.5, 0.6) is 0 Å². The SMILES string of the molecule is CC(CCc1cccc(C(C)C)c1)C(=O)O. The van der Waals surface area contributed by atoms with Crippen molar-refractivity contribution in [1.82, 2.24) is 0 Å². The smallest absolute Gasteiger partial charge is 0.306 e. The highest BCUT2D eigenvalue weighted by atomic mass is 16.4. The number of hydrogen-bond acceptors (Lipinski definition) is 1. The molecule has 0 spiro atoms. The number of aliphatic carboxylic acids is 1. The molecule has 1 atom stereocenters. The number of hydrogen-bond donors (Lipinski definition) is 1. The molecule has 0 saturated heterocycles. The maximum absolute atomic E-state index is 10.7. The summed E-state index contributed by atoms with van der Waals surface area (Å²) in [5.41, 5.74) is 2.56. The molecular weight excluding hydrogens is 200 g/mol. The van der Waals surface area contributed by atoms with Crippen LogP contribution in [0.15, 0.2) is 24.3 Å². The zero-order valence-corrected chi connectivity index (χ0v) is 10.2. The molecule has 1 unspecified atom stereocenters.